The van der Waals surface area contributed by atoms with Crippen LogP contribution in [0.4, 0.5) is 22.7 Å². The lowest BCUT2D eigenvalue weighted by atomic mass is 10.1. The van der Waals surface area contributed by atoms with Crippen molar-refractivity contribution in [3.8, 4) is 0 Å². The van der Waals surface area contributed by atoms with Crippen LogP contribution in [-0.2, 0) is 4.79 Å². The Morgan fingerprint density at radius 3 is 2.28 bits per heavy atom. The summed E-state index contributed by atoms with van der Waals surface area (Å²) >= 11 is 0. The molecule has 0 radical (unpaired) electrons. The number of carbonyl (C=O) groups is 2. The summed E-state index contributed by atoms with van der Waals surface area (Å²) in [6.07, 6.45) is 1.87. The summed E-state index contributed by atoms with van der Waals surface area (Å²) in [5.74, 6) is -0.0817. The first-order valence-corrected chi connectivity index (χ1v) is 7.91. The molecule has 2 aromatic rings. The molecule has 128 valence electrons. The maximum absolute atomic E-state index is 11.7. The lowest BCUT2D eigenvalue weighted by molar-refractivity contribution is -0.383. The predicted octanol–water partition coefficient (Wildman–Crippen LogP) is 3.89. The number of carbonyl (C=O) groups excluding carboxylic acids is 2. The van der Waals surface area contributed by atoms with Gasteiger partial charge in [0, 0.05) is 28.9 Å². The van der Waals surface area contributed by atoms with E-state index < -0.39 is 4.92 Å². The molecule has 0 atom stereocenters. The van der Waals surface area contributed by atoms with Crippen molar-refractivity contribution in [2.24, 2.45) is 5.92 Å². The van der Waals surface area contributed by atoms with Crippen LogP contribution >= 0.6 is 0 Å². The highest BCUT2D eigenvalue weighted by molar-refractivity contribution is 5.96. The number of nitro benzene ring substituents is 1. The monoisotopic (exact) mass is 339 g/mol. The van der Waals surface area contributed by atoms with Crippen molar-refractivity contribution >= 4 is 34.4 Å². The van der Waals surface area contributed by atoms with Gasteiger partial charge >= 0.3 is 0 Å². The first-order chi connectivity index (χ1) is 11.9. The van der Waals surface area contributed by atoms with E-state index in [2.05, 4.69) is 10.6 Å². The van der Waals surface area contributed by atoms with Gasteiger partial charge in [-0.3, -0.25) is 19.7 Å². The molecule has 0 aromatic heterocycles. The highest BCUT2D eigenvalue weighted by Crippen LogP contribution is 2.31. The molecular formula is C18H17N3O4. The van der Waals surface area contributed by atoms with Crippen molar-refractivity contribution < 1.29 is 14.5 Å². The number of Topliss-reactive ketones (excluding diaryl/α,β-unsaturated/α-hetero) is 1. The van der Waals surface area contributed by atoms with E-state index in [9.17, 15) is 19.7 Å². The van der Waals surface area contributed by atoms with Crippen molar-refractivity contribution in [3.05, 3.63) is 58.1 Å². The molecule has 7 nitrogen and oxygen atoms in total. The molecule has 0 unspecified atom stereocenters. The van der Waals surface area contributed by atoms with Gasteiger partial charge in [0.15, 0.2) is 5.78 Å². The molecule has 0 saturated heterocycles. The largest absolute Gasteiger partial charge is 0.350 e. The van der Waals surface area contributed by atoms with Crippen LogP contribution in [0.2, 0.25) is 0 Å². The SMILES string of the molecule is CC(=O)c1ccc(Nc2ccc(NC(=O)C3CC3)cc2)c([N+](=O)[O-])c1. The van der Waals surface area contributed by atoms with Gasteiger partial charge in [0.2, 0.25) is 5.91 Å². The fourth-order valence-corrected chi connectivity index (χ4v) is 2.39. The molecule has 1 aliphatic rings. The summed E-state index contributed by atoms with van der Waals surface area (Å²) in [7, 11) is 0. The van der Waals surface area contributed by atoms with Gasteiger partial charge in [-0.05, 0) is 56.2 Å². The van der Waals surface area contributed by atoms with E-state index in [0.29, 0.717) is 17.1 Å². The van der Waals surface area contributed by atoms with Gasteiger partial charge in [-0.25, -0.2) is 0 Å². The van der Waals surface area contributed by atoms with E-state index in [-0.39, 0.29) is 28.9 Å². The van der Waals surface area contributed by atoms with Crippen LogP contribution in [0.3, 0.4) is 0 Å². The number of rotatable bonds is 6. The van der Waals surface area contributed by atoms with Gasteiger partial charge in [0.1, 0.15) is 5.69 Å². The Balaban J connectivity index is 1.76. The molecular weight excluding hydrogens is 322 g/mol. The second-order valence-corrected chi connectivity index (χ2v) is 6.01. The average Bonchev–Trinajstić information content (AvgIpc) is 3.41. The number of hydrogen-bond acceptors (Lipinski definition) is 5. The number of ketones is 1. The van der Waals surface area contributed by atoms with Crippen LogP contribution in [0.15, 0.2) is 42.5 Å². The minimum absolute atomic E-state index is 0.0242. The zero-order valence-electron chi connectivity index (χ0n) is 13.6. The van der Waals surface area contributed by atoms with Crippen LogP contribution in [-0.4, -0.2) is 16.6 Å². The highest BCUT2D eigenvalue weighted by Gasteiger charge is 2.29. The molecule has 1 amide bonds. The molecule has 0 heterocycles. The van der Waals surface area contributed by atoms with Crippen molar-refractivity contribution in [1.29, 1.82) is 0 Å². The number of anilines is 3. The van der Waals surface area contributed by atoms with Gasteiger partial charge < -0.3 is 10.6 Å². The number of nitro groups is 1. The Kier molecular flexibility index (Phi) is 4.47. The van der Waals surface area contributed by atoms with Crippen molar-refractivity contribution in [1.82, 2.24) is 0 Å². The molecule has 1 fully saturated rings. The quantitative estimate of drug-likeness (QED) is 0.472. The summed E-state index contributed by atoms with van der Waals surface area (Å²) in [6.45, 7) is 1.36. The average molecular weight is 339 g/mol. The molecule has 1 aliphatic carbocycles. The first kappa shape index (κ1) is 16.6. The Morgan fingerprint density at radius 1 is 1.08 bits per heavy atom. The van der Waals surface area contributed by atoms with Crippen molar-refractivity contribution in [3.63, 3.8) is 0 Å². The van der Waals surface area contributed by atoms with E-state index in [1.54, 1.807) is 30.3 Å². The van der Waals surface area contributed by atoms with E-state index >= 15 is 0 Å². The number of nitrogens with one attached hydrogen (secondary N) is 2. The summed E-state index contributed by atoms with van der Waals surface area (Å²) < 4.78 is 0. The summed E-state index contributed by atoms with van der Waals surface area (Å²) in [5.41, 5.74) is 1.74. The first-order valence-electron chi connectivity index (χ1n) is 7.91. The second kappa shape index (κ2) is 6.72. The third-order valence-electron chi connectivity index (χ3n) is 3.98. The minimum Gasteiger partial charge on any atom is -0.350 e. The van der Waals surface area contributed by atoms with Crippen LogP contribution < -0.4 is 10.6 Å². The third kappa shape index (κ3) is 4.00. The molecule has 2 N–H and O–H groups in total. The van der Waals surface area contributed by atoms with E-state index in [1.807, 2.05) is 0 Å². The number of hydrogen-bond donors (Lipinski definition) is 2. The standard InChI is InChI=1S/C18H17N3O4/c1-11(22)13-4-9-16(17(10-13)21(24)25)19-14-5-7-15(8-6-14)20-18(23)12-2-3-12/h4-10,12,19H,2-3H2,1H3,(H,20,23). The summed E-state index contributed by atoms with van der Waals surface area (Å²) in [5, 5.41) is 17.0. The second-order valence-electron chi connectivity index (χ2n) is 6.01. The van der Waals surface area contributed by atoms with E-state index in [4.69, 9.17) is 0 Å². The van der Waals surface area contributed by atoms with E-state index in [1.165, 1.54) is 19.1 Å². The molecule has 0 aliphatic heterocycles. The third-order valence-corrected chi connectivity index (χ3v) is 3.98. The molecule has 2 aromatic carbocycles. The van der Waals surface area contributed by atoms with Crippen LogP contribution in [0.1, 0.15) is 30.1 Å². The molecule has 0 bridgehead atoms. The Morgan fingerprint density at radius 2 is 1.72 bits per heavy atom. The van der Waals surface area contributed by atoms with Gasteiger partial charge in [-0.2, -0.15) is 0 Å². The van der Waals surface area contributed by atoms with Gasteiger partial charge in [0.25, 0.3) is 5.69 Å². The lowest BCUT2D eigenvalue weighted by Gasteiger charge is -2.09. The molecule has 0 spiro atoms. The van der Waals surface area contributed by atoms with Crippen LogP contribution in [0.25, 0.3) is 0 Å². The zero-order valence-corrected chi connectivity index (χ0v) is 13.6. The van der Waals surface area contributed by atoms with Gasteiger partial charge in [0.05, 0.1) is 4.92 Å². The fourth-order valence-electron chi connectivity index (χ4n) is 2.39. The van der Waals surface area contributed by atoms with Crippen molar-refractivity contribution in [2.75, 3.05) is 10.6 Å². The molecule has 7 heteroatoms. The van der Waals surface area contributed by atoms with Crippen molar-refractivity contribution in [2.45, 2.75) is 19.8 Å². The van der Waals surface area contributed by atoms with Gasteiger partial charge in [-0.1, -0.05) is 0 Å². The highest BCUT2D eigenvalue weighted by atomic mass is 16.6. The normalized spacial score (nSPS) is 13.2. The Labute approximate surface area is 144 Å². The molecule has 1 saturated carbocycles. The minimum atomic E-state index is -0.529. The lowest BCUT2D eigenvalue weighted by Crippen LogP contribution is -2.13. The number of nitrogens with zero attached hydrogens (tertiary/aromatic N) is 1. The molecule has 25 heavy (non-hydrogen) atoms. The number of benzene rings is 2. The van der Waals surface area contributed by atoms with Crippen LogP contribution in [0.5, 0.6) is 0 Å². The topological polar surface area (TPSA) is 101 Å². The molecule has 3 rings (SSSR count). The number of amides is 1. The van der Waals surface area contributed by atoms with Crippen LogP contribution in [0, 0.1) is 16.0 Å². The zero-order chi connectivity index (χ0) is 18.0. The summed E-state index contributed by atoms with van der Waals surface area (Å²) in [4.78, 5) is 33.8. The van der Waals surface area contributed by atoms with Gasteiger partial charge in [-0.15, -0.1) is 0 Å². The fraction of sp³-hybridized carbons (Fsp3) is 0.222. The predicted molar refractivity (Wildman–Crippen MR) is 94.2 cm³/mol. The smallest absolute Gasteiger partial charge is 0.293 e. The Hall–Kier alpha value is -3.22. The van der Waals surface area contributed by atoms with E-state index in [0.717, 1.165) is 12.8 Å². The maximum Gasteiger partial charge on any atom is 0.293 e. The summed E-state index contributed by atoms with van der Waals surface area (Å²) in [6, 6.07) is 11.2. The maximum atomic E-state index is 11.7. The Bertz CT molecular complexity index is 842.